The van der Waals surface area contributed by atoms with E-state index in [2.05, 4.69) is 48.8 Å². The van der Waals surface area contributed by atoms with Crippen molar-refractivity contribution in [3.05, 3.63) is 44.3 Å². The van der Waals surface area contributed by atoms with Crippen LogP contribution >= 0.6 is 22.7 Å². The zero-order valence-corrected chi connectivity index (χ0v) is 12.0. The summed E-state index contributed by atoms with van der Waals surface area (Å²) in [7, 11) is 0. The third-order valence-electron chi connectivity index (χ3n) is 2.74. The normalized spacial score (nSPS) is 12.8. The predicted octanol–water partition coefficient (Wildman–Crippen LogP) is 4.46. The van der Waals surface area contributed by atoms with E-state index in [1.54, 1.807) is 0 Å². The Morgan fingerprint density at radius 2 is 2.06 bits per heavy atom. The first-order chi connectivity index (χ1) is 8.35. The molecule has 0 saturated heterocycles. The van der Waals surface area contributed by atoms with Crippen LogP contribution in [0, 0.1) is 0 Å². The molecule has 0 aliphatic rings. The van der Waals surface area contributed by atoms with Gasteiger partial charge >= 0.3 is 0 Å². The van der Waals surface area contributed by atoms with Crippen molar-refractivity contribution >= 4 is 22.7 Å². The lowest BCUT2D eigenvalue weighted by Gasteiger charge is -2.15. The molecular weight excluding hydrogens is 246 g/mol. The summed E-state index contributed by atoms with van der Waals surface area (Å²) in [6.07, 6.45) is 2.31. The molecule has 2 aromatic heterocycles. The quantitative estimate of drug-likeness (QED) is 0.813. The smallest absolute Gasteiger partial charge is 0.0764 e. The van der Waals surface area contributed by atoms with E-state index < -0.39 is 0 Å². The van der Waals surface area contributed by atoms with Crippen molar-refractivity contribution in [3.63, 3.8) is 0 Å². The Balaban J connectivity index is 2.20. The van der Waals surface area contributed by atoms with Crippen molar-refractivity contribution in [2.24, 2.45) is 0 Å². The molecule has 0 amide bonds. The largest absolute Gasteiger partial charge is 0.305 e. The summed E-state index contributed by atoms with van der Waals surface area (Å²) in [5, 5.41) is 5.80. The summed E-state index contributed by atoms with van der Waals surface area (Å²) in [5.74, 6) is 0. The molecule has 0 aromatic carbocycles. The molecule has 0 saturated carbocycles. The maximum Gasteiger partial charge on any atom is 0.0764 e. The Morgan fingerprint density at radius 1 is 1.18 bits per heavy atom. The molecule has 1 atom stereocenters. The predicted molar refractivity (Wildman–Crippen MR) is 78.2 cm³/mol. The number of rotatable bonds is 6. The van der Waals surface area contributed by atoms with Crippen LogP contribution in [-0.4, -0.2) is 6.54 Å². The second-order valence-corrected chi connectivity index (χ2v) is 6.24. The summed E-state index contributed by atoms with van der Waals surface area (Å²) >= 11 is 3.77. The van der Waals surface area contributed by atoms with Crippen LogP contribution in [0.25, 0.3) is 0 Å². The molecule has 3 heteroatoms. The zero-order chi connectivity index (χ0) is 12.1. The van der Waals surface area contributed by atoms with Gasteiger partial charge in [-0.2, -0.15) is 0 Å². The van der Waals surface area contributed by atoms with Crippen LogP contribution in [0.2, 0.25) is 0 Å². The fourth-order valence-electron chi connectivity index (χ4n) is 1.83. The zero-order valence-electron chi connectivity index (χ0n) is 10.4. The van der Waals surface area contributed by atoms with Gasteiger partial charge in [-0.3, -0.25) is 0 Å². The Labute approximate surface area is 112 Å². The van der Waals surface area contributed by atoms with Crippen LogP contribution < -0.4 is 5.32 Å². The number of nitrogens with one attached hydrogen (secondary N) is 1. The summed E-state index contributed by atoms with van der Waals surface area (Å²) in [4.78, 5) is 4.33. The van der Waals surface area contributed by atoms with E-state index in [0.717, 1.165) is 13.0 Å². The van der Waals surface area contributed by atoms with Crippen molar-refractivity contribution in [1.29, 1.82) is 0 Å². The minimum atomic E-state index is 0.389. The van der Waals surface area contributed by atoms with Gasteiger partial charge in [0.25, 0.3) is 0 Å². The molecule has 2 aromatic rings. The second kappa shape index (κ2) is 6.34. The monoisotopic (exact) mass is 265 g/mol. The molecule has 0 aliphatic heterocycles. The van der Waals surface area contributed by atoms with E-state index in [9.17, 15) is 0 Å². The second-order valence-electron chi connectivity index (χ2n) is 4.06. The Bertz CT molecular complexity index is 431. The van der Waals surface area contributed by atoms with Crippen molar-refractivity contribution < 1.29 is 0 Å². The van der Waals surface area contributed by atoms with Crippen LogP contribution in [0.1, 0.15) is 40.9 Å². The highest BCUT2D eigenvalue weighted by atomic mass is 32.1. The standard InChI is InChI=1S/C14H19NS2/c1-3-9-15-14(12-6-5-10-16-12)13-8-7-11(4-2)17-13/h5-8,10,14-15H,3-4,9H2,1-2H3. The van der Waals surface area contributed by atoms with Crippen molar-refractivity contribution in [2.45, 2.75) is 32.7 Å². The molecule has 1 nitrogen and oxygen atoms in total. The van der Waals surface area contributed by atoms with E-state index in [1.165, 1.54) is 21.1 Å². The van der Waals surface area contributed by atoms with Crippen LogP contribution in [0.15, 0.2) is 29.6 Å². The van der Waals surface area contributed by atoms with Gasteiger partial charge in [-0.05, 0) is 43.0 Å². The first-order valence-electron chi connectivity index (χ1n) is 6.20. The molecule has 17 heavy (non-hydrogen) atoms. The van der Waals surface area contributed by atoms with Gasteiger partial charge in [-0.1, -0.05) is 19.9 Å². The van der Waals surface area contributed by atoms with Crippen molar-refractivity contribution in [3.8, 4) is 0 Å². The highest BCUT2D eigenvalue weighted by Crippen LogP contribution is 2.31. The molecular formula is C14H19NS2. The van der Waals surface area contributed by atoms with Crippen LogP contribution in [0.5, 0.6) is 0 Å². The molecule has 1 unspecified atom stereocenters. The molecule has 0 radical (unpaired) electrons. The topological polar surface area (TPSA) is 12.0 Å². The lowest BCUT2D eigenvalue weighted by Crippen LogP contribution is -2.21. The van der Waals surface area contributed by atoms with Gasteiger partial charge in [-0.15, -0.1) is 22.7 Å². The van der Waals surface area contributed by atoms with Crippen LogP contribution in [0.4, 0.5) is 0 Å². The van der Waals surface area contributed by atoms with E-state index >= 15 is 0 Å². The summed E-state index contributed by atoms with van der Waals surface area (Å²) < 4.78 is 0. The minimum absolute atomic E-state index is 0.389. The van der Waals surface area contributed by atoms with E-state index in [-0.39, 0.29) is 0 Å². The first-order valence-corrected chi connectivity index (χ1v) is 7.90. The molecule has 1 N–H and O–H groups in total. The van der Waals surface area contributed by atoms with E-state index in [1.807, 2.05) is 22.7 Å². The highest BCUT2D eigenvalue weighted by molar-refractivity contribution is 7.13. The number of aryl methyl sites for hydroxylation is 1. The average Bonchev–Trinajstić information content (AvgIpc) is 3.00. The van der Waals surface area contributed by atoms with E-state index in [0.29, 0.717) is 6.04 Å². The molecule has 2 heterocycles. The third-order valence-corrected chi connectivity index (χ3v) is 4.97. The van der Waals surface area contributed by atoms with Gasteiger partial charge in [0.15, 0.2) is 0 Å². The van der Waals surface area contributed by atoms with Crippen molar-refractivity contribution in [2.75, 3.05) is 6.54 Å². The van der Waals surface area contributed by atoms with Gasteiger partial charge in [-0.25, -0.2) is 0 Å². The van der Waals surface area contributed by atoms with Crippen molar-refractivity contribution in [1.82, 2.24) is 5.32 Å². The van der Waals surface area contributed by atoms with Crippen LogP contribution in [-0.2, 0) is 6.42 Å². The Hall–Kier alpha value is -0.640. The molecule has 92 valence electrons. The fraction of sp³-hybridized carbons (Fsp3) is 0.429. The molecule has 2 rings (SSSR count). The molecule has 0 fully saturated rings. The van der Waals surface area contributed by atoms with Crippen LogP contribution in [0.3, 0.4) is 0 Å². The molecule has 0 aliphatic carbocycles. The SMILES string of the molecule is CCCNC(c1cccs1)c1ccc(CC)s1. The molecule has 0 spiro atoms. The number of hydrogen-bond donors (Lipinski definition) is 1. The minimum Gasteiger partial charge on any atom is -0.305 e. The Kier molecular flexibility index (Phi) is 4.77. The number of hydrogen-bond acceptors (Lipinski definition) is 3. The maximum absolute atomic E-state index is 3.65. The van der Waals surface area contributed by atoms with Gasteiger partial charge in [0.05, 0.1) is 6.04 Å². The van der Waals surface area contributed by atoms with Gasteiger partial charge in [0, 0.05) is 14.6 Å². The summed E-state index contributed by atoms with van der Waals surface area (Å²) in [6.45, 7) is 5.50. The first kappa shape index (κ1) is 12.8. The van der Waals surface area contributed by atoms with Gasteiger partial charge < -0.3 is 5.32 Å². The lowest BCUT2D eigenvalue weighted by molar-refractivity contribution is 0.613. The van der Waals surface area contributed by atoms with E-state index in [4.69, 9.17) is 0 Å². The van der Waals surface area contributed by atoms with Gasteiger partial charge in [0.2, 0.25) is 0 Å². The lowest BCUT2D eigenvalue weighted by atomic mass is 10.2. The fourth-order valence-corrected chi connectivity index (χ4v) is 3.77. The maximum atomic E-state index is 3.65. The Morgan fingerprint density at radius 3 is 2.65 bits per heavy atom. The highest BCUT2D eigenvalue weighted by Gasteiger charge is 2.15. The average molecular weight is 265 g/mol. The van der Waals surface area contributed by atoms with Gasteiger partial charge in [0.1, 0.15) is 0 Å². The molecule has 0 bridgehead atoms. The summed E-state index contributed by atoms with van der Waals surface area (Å²) in [6, 6.07) is 9.28. The third kappa shape index (κ3) is 3.18. The summed E-state index contributed by atoms with van der Waals surface area (Å²) in [5.41, 5.74) is 0. The number of thiophene rings is 2.